The first-order chi connectivity index (χ1) is 13.0. The van der Waals surface area contributed by atoms with E-state index in [1.807, 2.05) is 13.0 Å². The van der Waals surface area contributed by atoms with Crippen molar-refractivity contribution in [3.8, 4) is 11.8 Å². The van der Waals surface area contributed by atoms with Gasteiger partial charge in [-0.2, -0.15) is 5.26 Å². The standard InChI is InChI=1S/C20H22ClN3O2S/c1-4-5-15-7-6-14(12-22)20(23-15)27-9-8-19(25)24-17-10-13(2)16(21)11-18(17)26-3/h6-7,10-11H,4-5,8-9H2,1-3H3,(H,24,25). The fraction of sp³-hybridized carbons (Fsp3) is 0.350. The van der Waals surface area contributed by atoms with Crippen molar-refractivity contribution in [3.63, 3.8) is 0 Å². The fourth-order valence-electron chi connectivity index (χ4n) is 2.45. The molecule has 0 saturated heterocycles. The van der Waals surface area contributed by atoms with Gasteiger partial charge in [0.25, 0.3) is 0 Å². The minimum atomic E-state index is -0.134. The second-order valence-electron chi connectivity index (χ2n) is 5.97. The Morgan fingerprint density at radius 1 is 1.41 bits per heavy atom. The summed E-state index contributed by atoms with van der Waals surface area (Å²) in [5.74, 6) is 0.913. The summed E-state index contributed by atoms with van der Waals surface area (Å²) < 4.78 is 5.27. The van der Waals surface area contributed by atoms with Gasteiger partial charge >= 0.3 is 0 Å². The van der Waals surface area contributed by atoms with E-state index in [2.05, 4.69) is 23.3 Å². The summed E-state index contributed by atoms with van der Waals surface area (Å²) in [6.45, 7) is 3.95. The van der Waals surface area contributed by atoms with Crippen molar-refractivity contribution in [2.45, 2.75) is 38.1 Å². The highest BCUT2D eigenvalue weighted by atomic mass is 35.5. The van der Waals surface area contributed by atoms with Crippen molar-refractivity contribution in [2.75, 3.05) is 18.2 Å². The molecule has 0 fully saturated rings. The smallest absolute Gasteiger partial charge is 0.225 e. The molecule has 0 bridgehead atoms. The number of nitriles is 1. The molecule has 0 atom stereocenters. The number of aromatic nitrogens is 1. The monoisotopic (exact) mass is 403 g/mol. The zero-order chi connectivity index (χ0) is 19.8. The molecule has 1 heterocycles. The van der Waals surface area contributed by atoms with Gasteiger partial charge in [-0.1, -0.05) is 24.9 Å². The molecule has 1 N–H and O–H groups in total. The number of amides is 1. The van der Waals surface area contributed by atoms with Gasteiger partial charge in [-0.15, -0.1) is 11.8 Å². The Morgan fingerprint density at radius 3 is 2.85 bits per heavy atom. The van der Waals surface area contributed by atoms with Gasteiger partial charge in [-0.05, 0) is 37.1 Å². The number of aryl methyl sites for hydroxylation is 2. The fourth-order valence-corrected chi connectivity index (χ4v) is 3.54. The summed E-state index contributed by atoms with van der Waals surface area (Å²) in [7, 11) is 1.53. The minimum Gasteiger partial charge on any atom is -0.495 e. The maximum absolute atomic E-state index is 12.3. The molecule has 2 aromatic rings. The van der Waals surface area contributed by atoms with Crippen LogP contribution in [0, 0.1) is 18.3 Å². The van der Waals surface area contributed by atoms with Crippen molar-refractivity contribution in [3.05, 3.63) is 46.1 Å². The highest BCUT2D eigenvalue weighted by Gasteiger charge is 2.12. The van der Waals surface area contributed by atoms with Crippen LogP contribution in [0.2, 0.25) is 5.02 Å². The number of carbonyl (C=O) groups excluding carboxylic acids is 1. The zero-order valence-corrected chi connectivity index (χ0v) is 17.2. The first kappa shape index (κ1) is 21.1. The van der Waals surface area contributed by atoms with E-state index in [0.717, 1.165) is 24.1 Å². The maximum atomic E-state index is 12.3. The molecule has 2 rings (SSSR count). The highest BCUT2D eigenvalue weighted by Crippen LogP contribution is 2.31. The van der Waals surface area contributed by atoms with Crippen LogP contribution in [0.1, 0.15) is 36.6 Å². The number of halogens is 1. The van der Waals surface area contributed by atoms with Crippen LogP contribution in [0.15, 0.2) is 29.3 Å². The molecule has 0 saturated carbocycles. The number of nitrogens with one attached hydrogen (secondary N) is 1. The topological polar surface area (TPSA) is 75.0 Å². The van der Waals surface area contributed by atoms with E-state index in [9.17, 15) is 10.1 Å². The van der Waals surface area contributed by atoms with Gasteiger partial charge in [0.1, 0.15) is 16.8 Å². The highest BCUT2D eigenvalue weighted by molar-refractivity contribution is 7.99. The molecule has 0 radical (unpaired) electrons. The third kappa shape index (κ3) is 5.88. The van der Waals surface area contributed by atoms with Crippen LogP contribution in [0.3, 0.4) is 0 Å². The van der Waals surface area contributed by atoms with E-state index in [-0.39, 0.29) is 5.91 Å². The van der Waals surface area contributed by atoms with Gasteiger partial charge in [0.2, 0.25) is 5.91 Å². The average molecular weight is 404 g/mol. The van der Waals surface area contributed by atoms with Crippen LogP contribution >= 0.6 is 23.4 Å². The van der Waals surface area contributed by atoms with Gasteiger partial charge in [0.05, 0.1) is 18.4 Å². The predicted octanol–water partition coefficient (Wildman–Crippen LogP) is 5.00. The maximum Gasteiger partial charge on any atom is 0.225 e. The second-order valence-corrected chi connectivity index (χ2v) is 7.46. The third-order valence-corrected chi connectivity index (χ3v) is 5.27. The number of hydrogen-bond acceptors (Lipinski definition) is 5. The molecular weight excluding hydrogens is 382 g/mol. The van der Waals surface area contributed by atoms with Crippen molar-refractivity contribution in [1.29, 1.82) is 5.26 Å². The molecule has 1 aromatic heterocycles. The first-order valence-corrected chi connectivity index (χ1v) is 10.0. The molecular formula is C20H22ClN3O2S. The molecule has 0 spiro atoms. The van der Waals surface area contributed by atoms with Crippen molar-refractivity contribution in [2.24, 2.45) is 0 Å². The molecule has 1 aromatic carbocycles. The second kappa shape index (κ2) is 10.2. The number of hydrogen-bond donors (Lipinski definition) is 1. The molecule has 142 valence electrons. The van der Waals surface area contributed by atoms with E-state index in [4.69, 9.17) is 16.3 Å². The molecule has 1 amide bonds. The summed E-state index contributed by atoms with van der Waals surface area (Å²) in [6, 6.07) is 9.30. The normalized spacial score (nSPS) is 10.3. The molecule has 0 aliphatic rings. The summed E-state index contributed by atoms with van der Waals surface area (Å²) in [5, 5.41) is 13.4. The van der Waals surface area contributed by atoms with E-state index in [0.29, 0.717) is 39.2 Å². The third-order valence-electron chi connectivity index (χ3n) is 3.87. The number of thioether (sulfide) groups is 1. The predicted molar refractivity (Wildman–Crippen MR) is 110 cm³/mol. The number of nitrogens with zero attached hydrogens (tertiary/aromatic N) is 2. The summed E-state index contributed by atoms with van der Waals surface area (Å²) in [6.07, 6.45) is 2.16. The summed E-state index contributed by atoms with van der Waals surface area (Å²) in [4.78, 5) is 16.8. The van der Waals surface area contributed by atoms with Crippen molar-refractivity contribution in [1.82, 2.24) is 4.98 Å². The van der Waals surface area contributed by atoms with Gasteiger partial charge < -0.3 is 10.1 Å². The molecule has 0 aliphatic heterocycles. The minimum absolute atomic E-state index is 0.134. The quantitative estimate of drug-likeness (QED) is 0.628. The molecule has 7 heteroatoms. The van der Waals surface area contributed by atoms with Crippen molar-refractivity contribution >= 4 is 35.0 Å². The molecule has 0 aliphatic carbocycles. The van der Waals surface area contributed by atoms with Crippen LogP contribution in [-0.2, 0) is 11.2 Å². The number of methoxy groups -OCH3 is 1. The van der Waals surface area contributed by atoms with E-state index >= 15 is 0 Å². The van der Waals surface area contributed by atoms with E-state index < -0.39 is 0 Å². The Kier molecular flexibility index (Phi) is 7.96. The zero-order valence-electron chi connectivity index (χ0n) is 15.6. The lowest BCUT2D eigenvalue weighted by atomic mass is 10.2. The Hall–Kier alpha value is -2.23. The Morgan fingerprint density at radius 2 is 2.19 bits per heavy atom. The number of ether oxygens (including phenoxy) is 1. The van der Waals surface area contributed by atoms with Gasteiger partial charge in [0, 0.05) is 29.0 Å². The van der Waals surface area contributed by atoms with Crippen molar-refractivity contribution < 1.29 is 9.53 Å². The van der Waals surface area contributed by atoms with Gasteiger partial charge in [-0.3, -0.25) is 4.79 Å². The van der Waals surface area contributed by atoms with E-state index in [1.54, 1.807) is 18.2 Å². The lowest BCUT2D eigenvalue weighted by molar-refractivity contribution is -0.115. The number of benzene rings is 1. The molecule has 5 nitrogen and oxygen atoms in total. The van der Waals surface area contributed by atoms with Crippen LogP contribution in [-0.4, -0.2) is 23.8 Å². The Labute approximate surface area is 169 Å². The van der Waals surface area contributed by atoms with E-state index in [1.165, 1.54) is 18.9 Å². The lowest BCUT2D eigenvalue weighted by Crippen LogP contribution is -2.13. The lowest BCUT2D eigenvalue weighted by Gasteiger charge is -2.12. The van der Waals surface area contributed by atoms with Crippen LogP contribution < -0.4 is 10.1 Å². The average Bonchev–Trinajstić information content (AvgIpc) is 2.65. The molecule has 0 unspecified atom stereocenters. The van der Waals surface area contributed by atoms with Gasteiger partial charge in [0.15, 0.2) is 0 Å². The largest absolute Gasteiger partial charge is 0.495 e. The Balaban J connectivity index is 1.98. The number of rotatable bonds is 8. The van der Waals surface area contributed by atoms with Crippen LogP contribution in [0.4, 0.5) is 5.69 Å². The first-order valence-electron chi connectivity index (χ1n) is 8.65. The van der Waals surface area contributed by atoms with Gasteiger partial charge in [-0.25, -0.2) is 4.98 Å². The Bertz CT molecular complexity index is 865. The van der Waals surface area contributed by atoms with Crippen LogP contribution in [0.5, 0.6) is 5.75 Å². The molecule has 27 heavy (non-hydrogen) atoms. The number of anilines is 1. The summed E-state index contributed by atoms with van der Waals surface area (Å²) in [5.41, 5.74) is 2.95. The van der Waals surface area contributed by atoms with Crippen LogP contribution in [0.25, 0.3) is 0 Å². The number of pyridine rings is 1. The summed E-state index contributed by atoms with van der Waals surface area (Å²) >= 11 is 7.51. The SMILES string of the molecule is CCCc1ccc(C#N)c(SCCC(=O)Nc2cc(C)c(Cl)cc2OC)n1. The number of carbonyl (C=O) groups is 1.